The maximum atomic E-state index is 4.23. The van der Waals surface area contributed by atoms with Crippen molar-refractivity contribution in [3.8, 4) is 0 Å². The number of aromatic nitrogens is 2. The number of hydrogen-bond acceptors (Lipinski definition) is 4. The fourth-order valence-corrected chi connectivity index (χ4v) is 2.61. The fraction of sp³-hybridized carbons (Fsp3) is 0.800. The van der Waals surface area contributed by atoms with E-state index < -0.39 is 0 Å². The van der Waals surface area contributed by atoms with Gasteiger partial charge in [-0.3, -0.25) is 0 Å². The van der Waals surface area contributed by atoms with Gasteiger partial charge in [-0.2, -0.15) is 0 Å². The maximum absolute atomic E-state index is 4.23. The summed E-state index contributed by atoms with van der Waals surface area (Å²) in [4.78, 5) is 0. The predicted molar refractivity (Wildman–Crippen MR) is 58.6 cm³/mol. The van der Waals surface area contributed by atoms with Crippen molar-refractivity contribution < 1.29 is 0 Å². The molecule has 0 amide bonds. The lowest BCUT2D eigenvalue weighted by Gasteiger charge is -2.23. The quantitative estimate of drug-likeness (QED) is 0.804. The van der Waals surface area contributed by atoms with E-state index in [2.05, 4.69) is 15.5 Å². The van der Waals surface area contributed by atoms with Gasteiger partial charge in [0.15, 0.2) is 0 Å². The molecule has 0 unspecified atom stereocenters. The molecule has 0 spiro atoms. The van der Waals surface area contributed by atoms with E-state index in [-0.39, 0.29) is 0 Å². The zero-order valence-electron chi connectivity index (χ0n) is 8.62. The van der Waals surface area contributed by atoms with E-state index in [0.717, 1.165) is 25.3 Å². The summed E-state index contributed by atoms with van der Waals surface area (Å²) in [5.74, 6) is 0.903. The van der Waals surface area contributed by atoms with Crippen LogP contribution in [-0.4, -0.2) is 23.8 Å². The van der Waals surface area contributed by atoms with Gasteiger partial charge in [0, 0.05) is 19.4 Å². The van der Waals surface area contributed by atoms with Crippen molar-refractivity contribution >= 4 is 11.3 Å². The summed E-state index contributed by atoms with van der Waals surface area (Å²) in [5.41, 5.74) is 0. The molecule has 1 aliphatic rings. The first kappa shape index (κ1) is 10.1. The van der Waals surface area contributed by atoms with Gasteiger partial charge in [-0.05, 0) is 13.0 Å². The molecule has 14 heavy (non-hydrogen) atoms. The summed E-state index contributed by atoms with van der Waals surface area (Å²) < 4.78 is 0. The topological polar surface area (TPSA) is 37.8 Å². The fourth-order valence-electron chi connectivity index (χ4n) is 1.65. The molecule has 0 atom stereocenters. The summed E-state index contributed by atoms with van der Waals surface area (Å²) in [6.45, 7) is 0.998. The third kappa shape index (κ3) is 2.51. The van der Waals surface area contributed by atoms with Crippen LogP contribution in [0, 0.1) is 5.92 Å². The molecule has 0 aliphatic heterocycles. The third-order valence-electron chi connectivity index (χ3n) is 2.79. The molecule has 1 saturated carbocycles. The Morgan fingerprint density at radius 1 is 1.36 bits per heavy atom. The molecular weight excluding hydrogens is 194 g/mol. The Kier molecular flexibility index (Phi) is 3.48. The highest BCUT2D eigenvalue weighted by molar-refractivity contribution is 7.11. The smallest absolute Gasteiger partial charge is 0.118 e. The van der Waals surface area contributed by atoms with E-state index in [4.69, 9.17) is 0 Å². The van der Waals surface area contributed by atoms with E-state index in [9.17, 15) is 0 Å². The van der Waals surface area contributed by atoms with Crippen LogP contribution in [0.3, 0.4) is 0 Å². The molecule has 1 aromatic rings. The molecule has 3 nitrogen and oxygen atoms in total. The van der Waals surface area contributed by atoms with Gasteiger partial charge in [0.25, 0.3) is 0 Å². The van der Waals surface area contributed by atoms with E-state index in [1.54, 1.807) is 11.3 Å². The molecule has 1 aliphatic carbocycles. The highest BCUT2D eigenvalue weighted by atomic mass is 32.1. The third-order valence-corrected chi connectivity index (χ3v) is 3.79. The van der Waals surface area contributed by atoms with Crippen LogP contribution in [0.15, 0.2) is 0 Å². The second kappa shape index (κ2) is 4.84. The molecule has 0 aromatic carbocycles. The van der Waals surface area contributed by atoms with Crippen molar-refractivity contribution in [3.05, 3.63) is 10.0 Å². The second-order valence-electron chi connectivity index (χ2n) is 3.94. The number of hydrogen-bond donors (Lipinski definition) is 1. The predicted octanol–water partition coefficient (Wildman–Crippen LogP) is 1.64. The van der Waals surface area contributed by atoms with E-state index in [0.29, 0.717) is 0 Å². The molecule has 1 aromatic heterocycles. The number of nitrogens with one attached hydrogen (secondary N) is 1. The largest absolute Gasteiger partial charge is 0.319 e. The van der Waals surface area contributed by atoms with Crippen LogP contribution in [0.5, 0.6) is 0 Å². The number of likely N-dealkylation sites (N-methyl/N-ethyl adjacent to an activating group) is 1. The molecule has 2 rings (SSSR count). The standard InChI is InChI=1S/C10H17N3S/c1-11-6-5-9-12-13-10(14-9)7-8-3-2-4-8/h8,11H,2-7H2,1H3. The van der Waals surface area contributed by atoms with Crippen LogP contribution in [0.1, 0.15) is 29.3 Å². The van der Waals surface area contributed by atoms with Gasteiger partial charge in [-0.15, -0.1) is 21.5 Å². The Bertz CT molecular complexity index is 281. The van der Waals surface area contributed by atoms with Gasteiger partial charge >= 0.3 is 0 Å². The average Bonchev–Trinajstić information content (AvgIpc) is 2.56. The summed E-state index contributed by atoms with van der Waals surface area (Å²) in [6.07, 6.45) is 6.38. The van der Waals surface area contributed by atoms with Gasteiger partial charge in [-0.1, -0.05) is 19.3 Å². The Hall–Kier alpha value is -0.480. The monoisotopic (exact) mass is 211 g/mol. The lowest BCUT2D eigenvalue weighted by Crippen LogP contribution is -2.13. The van der Waals surface area contributed by atoms with Crippen LogP contribution in [0.4, 0.5) is 0 Å². The molecule has 4 heteroatoms. The first-order valence-corrected chi connectivity index (χ1v) is 6.16. The van der Waals surface area contributed by atoms with E-state index >= 15 is 0 Å². The van der Waals surface area contributed by atoms with Crippen LogP contribution in [0.2, 0.25) is 0 Å². The summed E-state index contributed by atoms with van der Waals surface area (Å²) in [6, 6.07) is 0. The van der Waals surface area contributed by atoms with Crippen molar-refractivity contribution in [2.75, 3.05) is 13.6 Å². The Morgan fingerprint density at radius 2 is 2.14 bits per heavy atom. The highest BCUT2D eigenvalue weighted by Gasteiger charge is 2.19. The van der Waals surface area contributed by atoms with Crippen molar-refractivity contribution in [2.45, 2.75) is 32.1 Å². The maximum Gasteiger partial charge on any atom is 0.118 e. The van der Waals surface area contributed by atoms with Gasteiger partial charge in [0.1, 0.15) is 10.0 Å². The minimum atomic E-state index is 0.903. The minimum absolute atomic E-state index is 0.903. The van der Waals surface area contributed by atoms with Gasteiger partial charge in [-0.25, -0.2) is 0 Å². The Balaban J connectivity index is 1.82. The Morgan fingerprint density at radius 3 is 2.79 bits per heavy atom. The van der Waals surface area contributed by atoms with Crippen molar-refractivity contribution in [1.82, 2.24) is 15.5 Å². The second-order valence-corrected chi connectivity index (χ2v) is 5.09. The summed E-state index contributed by atoms with van der Waals surface area (Å²) >= 11 is 1.79. The van der Waals surface area contributed by atoms with Crippen LogP contribution < -0.4 is 5.32 Å². The van der Waals surface area contributed by atoms with Crippen LogP contribution in [0.25, 0.3) is 0 Å². The summed E-state index contributed by atoms with van der Waals surface area (Å²) in [5, 5.41) is 14.0. The average molecular weight is 211 g/mol. The molecule has 1 N–H and O–H groups in total. The summed E-state index contributed by atoms with van der Waals surface area (Å²) in [7, 11) is 1.97. The molecule has 0 bridgehead atoms. The molecule has 78 valence electrons. The SMILES string of the molecule is CNCCc1nnc(CC2CCC2)s1. The number of nitrogens with zero attached hydrogens (tertiary/aromatic N) is 2. The first-order chi connectivity index (χ1) is 6.88. The Labute approximate surface area is 88.9 Å². The van der Waals surface area contributed by atoms with Gasteiger partial charge in [0.05, 0.1) is 0 Å². The van der Waals surface area contributed by atoms with E-state index in [1.807, 2.05) is 7.05 Å². The van der Waals surface area contributed by atoms with Gasteiger partial charge in [0.2, 0.25) is 0 Å². The van der Waals surface area contributed by atoms with Gasteiger partial charge < -0.3 is 5.32 Å². The van der Waals surface area contributed by atoms with E-state index in [1.165, 1.54) is 29.3 Å². The molecule has 0 radical (unpaired) electrons. The zero-order valence-corrected chi connectivity index (χ0v) is 9.44. The lowest BCUT2D eigenvalue weighted by molar-refractivity contribution is 0.313. The van der Waals surface area contributed by atoms with Crippen LogP contribution >= 0.6 is 11.3 Å². The highest BCUT2D eigenvalue weighted by Crippen LogP contribution is 2.30. The molecular formula is C10H17N3S. The normalized spacial score (nSPS) is 16.9. The van der Waals surface area contributed by atoms with Crippen molar-refractivity contribution in [1.29, 1.82) is 0 Å². The van der Waals surface area contributed by atoms with Crippen molar-refractivity contribution in [3.63, 3.8) is 0 Å². The zero-order chi connectivity index (χ0) is 9.80. The number of rotatable bonds is 5. The lowest BCUT2D eigenvalue weighted by atomic mass is 9.83. The molecule has 0 saturated heterocycles. The molecule has 1 heterocycles. The first-order valence-electron chi connectivity index (χ1n) is 5.34. The van der Waals surface area contributed by atoms with Crippen molar-refractivity contribution in [2.24, 2.45) is 5.92 Å². The minimum Gasteiger partial charge on any atom is -0.319 e. The molecule has 1 fully saturated rings. The van der Waals surface area contributed by atoms with Crippen LogP contribution in [-0.2, 0) is 12.8 Å².